The Hall–Kier alpha value is -2.24. The molecule has 0 saturated carbocycles. The quantitative estimate of drug-likeness (QED) is 0.740. The average Bonchev–Trinajstić information content (AvgIpc) is 2.48. The van der Waals surface area contributed by atoms with E-state index >= 15 is 0 Å². The van der Waals surface area contributed by atoms with Crippen LogP contribution in [-0.4, -0.2) is 23.5 Å². The first kappa shape index (κ1) is 17.1. The summed E-state index contributed by atoms with van der Waals surface area (Å²) >= 11 is 11.6. The molecule has 0 atom stereocenters. The second-order valence-corrected chi connectivity index (χ2v) is 5.66. The number of carbonyl (C=O) groups is 2. The van der Waals surface area contributed by atoms with Gasteiger partial charge in [-0.05, 0) is 42.3 Å². The monoisotopic (exact) mass is 352 g/mol. The maximum atomic E-state index is 11.8. The molecule has 120 valence electrons. The van der Waals surface area contributed by atoms with Crippen LogP contribution in [0.2, 0.25) is 10.0 Å². The first-order chi connectivity index (χ1) is 10.9. The largest absolute Gasteiger partial charge is 0.508 e. The molecule has 5 nitrogen and oxygen atoms in total. The molecule has 0 heterocycles. The topological polar surface area (TPSA) is 78.4 Å². The van der Waals surface area contributed by atoms with Crippen molar-refractivity contribution in [3.63, 3.8) is 0 Å². The third-order valence-electron chi connectivity index (χ3n) is 2.96. The molecule has 3 N–H and O–H groups in total. The molecule has 23 heavy (non-hydrogen) atoms. The lowest BCUT2D eigenvalue weighted by Crippen LogP contribution is -2.36. The Morgan fingerprint density at radius 3 is 2.17 bits per heavy atom. The highest BCUT2D eigenvalue weighted by Crippen LogP contribution is 2.22. The number of hydrogen-bond acceptors (Lipinski definition) is 3. The lowest BCUT2D eigenvalue weighted by atomic mass is 10.1. The molecule has 0 fully saturated rings. The molecular formula is C16H14Cl2N2O3. The summed E-state index contributed by atoms with van der Waals surface area (Å²) in [5.41, 5.74) is 1.28. The third kappa shape index (κ3) is 5.47. The first-order valence-corrected chi connectivity index (χ1v) is 7.53. The molecule has 2 aromatic rings. The summed E-state index contributed by atoms with van der Waals surface area (Å²) in [6, 6.07) is 11.1. The van der Waals surface area contributed by atoms with Gasteiger partial charge in [-0.15, -0.1) is 0 Å². The number of phenols is 1. The van der Waals surface area contributed by atoms with Crippen LogP contribution in [0.25, 0.3) is 0 Å². The zero-order valence-electron chi connectivity index (χ0n) is 12.0. The van der Waals surface area contributed by atoms with Gasteiger partial charge >= 0.3 is 11.8 Å². The lowest BCUT2D eigenvalue weighted by molar-refractivity contribution is -0.136. The molecule has 0 bridgehead atoms. The van der Waals surface area contributed by atoms with Crippen molar-refractivity contribution in [1.82, 2.24) is 5.32 Å². The number of amides is 2. The van der Waals surface area contributed by atoms with Gasteiger partial charge in [-0.3, -0.25) is 9.59 Å². The van der Waals surface area contributed by atoms with E-state index in [9.17, 15) is 14.7 Å². The van der Waals surface area contributed by atoms with Crippen LogP contribution < -0.4 is 10.6 Å². The van der Waals surface area contributed by atoms with E-state index in [1.165, 1.54) is 18.2 Å². The summed E-state index contributed by atoms with van der Waals surface area (Å²) in [6.45, 7) is 0.299. The molecule has 0 radical (unpaired) electrons. The van der Waals surface area contributed by atoms with Crippen LogP contribution in [-0.2, 0) is 16.0 Å². The van der Waals surface area contributed by atoms with Crippen molar-refractivity contribution in [2.24, 2.45) is 0 Å². The van der Waals surface area contributed by atoms with Gasteiger partial charge in [0, 0.05) is 22.3 Å². The molecule has 0 spiro atoms. The number of nitrogens with one attached hydrogen (secondary N) is 2. The average molecular weight is 353 g/mol. The Bertz CT molecular complexity index is 698. The van der Waals surface area contributed by atoms with Gasteiger partial charge in [0.1, 0.15) is 5.75 Å². The fraction of sp³-hybridized carbons (Fsp3) is 0.125. The van der Waals surface area contributed by atoms with Gasteiger partial charge in [0.25, 0.3) is 0 Å². The molecule has 7 heteroatoms. The number of phenolic OH excluding ortho intramolecular Hbond substituents is 1. The van der Waals surface area contributed by atoms with Crippen molar-refractivity contribution in [3.05, 3.63) is 58.1 Å². The summed E-state index contributed by atoms with van der Waals surface area (Å²) < 4.78 is 0. The van der Waals surface area contributed by atoms with Crippen LogP contribution in [0, 0.1) is 0 Å². The smallest absolute Gasteiger partial charge is 0.313 e. The second kappa shape index (κ2) is 7.85. The maximum absolute atomic E-state index is 11.8. The van der Waals surface area contributed by atoms with E-state index in [0.29, 0.717) is 28.7 Å². The van der Waals surface area contributed by atoms with E-state index in [2.05, 4.69) is 10.6 Å². The minimum atomic E-state index is -0.797. The number of rotatable bonds is 4. The fourth-order valence-corrected chi connectivity index (χ4v) is 2.40. The number of halogens is 2. The Labute approximate surface area is 143 Å². The minimum absolute atomic E-state index is 0.178. The van der Waals surface area contributed by atoms with E-state index < -0.39 is 11.8 Å². The Morgan fingerprint density at radius 1 is 0.957 bits per heavy atom. The van der Waals surface area contributed by atoms with Crippen LogP contribution in [0.15, 0.2) is 42.5 Å². The maximum Gasteiger partial charge on any atom is 0.313 e. The molecule has 0 aliphatic rings. The summed E-state index contributed by atoms with van der Waals surface area (Å²) in [5.74, 6) is -1.37. The van der Waals surface area contributed by atoms with E-state index in [0.717, 1.165) is 5.56 Å². The molecule has 0 unspecified atom stereocenters. The standard InChI is InChI=1S/C16H14Cl2N2O3/c17-11-7-12(18)9-13(8-11)20-16(23)15(22)19-6-5-10-1-3-14(21)4-2-10/h1-4,7-9,21H,5-6H2,(H,19,22)(H,20,23). The van der Waals surface area contributed by atoms with Crippen LogP contribution in [0.3, 0.4) is 0 Å². The highest BCUT2D eigenvalue weighted by Gasteiger charge is 2.13. The zero-order chi connectivity index (χ0) is 16.8. The van der Waals surface area contributed by atoms with Crippen LogP contribution in [0.5, 0.6) is 5.75 Å². The fourth-order valence-electron chi connectivity index (χ4n) is 1.88. The van der Waals surface area contributed by atoms with Gasteiger partial charge in [-0.25, -0.2) is 0 Å². The van der Waals surface area contributed by atoms with Crippen molar-refractivity contribution in [2.75, 3.05) is 11.9 Å². The highest BCUT2D eigenvalue weighted by atomic mass is 35.5. The summed E-state index contributed by atoms with van der Waals surface area (Å²) in [4.78, 5) is 23.5. The summed E-state index contributed by atoms with van der Waals surface area (Å²) in [7, 11) is 0. The Balaban J connectivity index is 1.83. The van der Waals surface area contributed by atoms with Crippen molar-refractivity contribution in [1.29, 1.82) is 0 Å². The SMILES string of the molecule is O=C(NCCc1ccc(O)cc1)C(=O)Nc1cc(Cl)cc(Cl)c1. The Kier molecular flexibility index (Phi) is 5.84. The van der Waals surface area contributed by atoms with Gasteiger partial charge in [0.15, 0.2) is 0 Å². The highest BCUT2D eigenvalue weighted by molar-refractivity contribution is 6.40. The molecule has 0 aromatic heterocycles. The number of hydrogen-bond donors (Lipinski definition) is 3. The van der Waals surface area contributed by atoms with Crippen molar-refractivity contribution < 1.29 is 14.7 Å². The number of anilines is 1. The summed E-state index contributed by atoms with van der Waals surface area (Å²) in [5, 5.41) is 14.8. The Morgan fingerprint density at radius 2 is 1.57 bits per heavy atom. The van der Waals surface area contributed by atoms with Gasteiger partial charge in [0.05, 0.1) is 0 Å². The molecule has 2 aromatic carbocycles. The molecule has 2 amide bonds. The molecule has 0 aliphatic heterocycles. The van der Waals surface area contributed by atoms with E-state index in [-0.39, 0.29) is 5.75 Å². The number of carbonyl (C=O) groups excluding carboxylic acids is 2. The van der Waals surface area contributed by atoms with Crippen molar-refractivity contribution >= 4 is 40.7 Å². The molecule has 0 aliphatic carbocycles. The van der Waals surface area contributed by atoms with Crippen LogP contribution in [0.1, 0.15) is 5.56 Å². The first-order valence-electron chi connectivity index (χ1n) is 6.77. The van der Waals surface area contributed by atoms with Crippen molar-refractivity contribution in [3.8, 4) is 5.75 Å². The van der Waals surface area contributed by atoms with Gasteiger partial charge in [-0.1, -0.05) is 35.3 Å². The predicted octanol–water partition coefficient (Wildman–Crippen LogP) is 3.00. The third-order valence-corrected chi connectivity index (χ3v) is 3.40. The lowest BCUT2D eigenvalue weighted by Gasteiger charge is -2.07. The van der Waals surface area contributed by atoms with Crippen molar-refractivity contribution in [2.45, 2.75) is 6.42 Å². The van der Waals surface area contributed by atoms with Gasteiger partial charge in [0.2, 0.25) is 0 Å². The molecular weight excluding hydrogens is 339 g/mol. The van der Waals surface area contributed by atoms with E-state index in [1.807, 2.05) is 0 Å². The van der Waals surface area contributed by atoms with E-state index in [1.54, 1.807) is 24.3 Å². The number of benzene rings is 2. The molecule has 0 saturated heterocycles. The number of aromatic hydroxyl groups is 1. The van der Waals surface area contributed by atoms with Gasteiger partial charge < -0.3 is 15.7 Å². The zero-order valence-corrected chi connectivity index (χ0v) is 13.5. The van der Waals surface area contributed by atoms with E-state index in [4.69, 9.17) is 23.2 Å². The van der Waals surface area contributed by atoms with Crippen LogP contribution >= 0.6 is 23.2 Å². The summed E-state index contributed by atoms with van der Waals surface area (Å²) in [6.07, 6.45) is 0.544. The normalized spacial score (nSPS) is 10.2. The minimum Gasteiger partial charge on any atom is -0.508 e. The molecule has 2 rings (SSSR count). The van der Waals surface area contributed by atoms with Gasteiger partial charge in [-0.2, -0.15) is 0 Å². The van der Waals surface area contributed by atoms with Crippen LogP contribution in [0.4, 0.5) is 5.69 Å². The predicted molar refractivity (Wildman–Crippen MR) is 89.9 cm³/mol. The second-order valence-electron chi connectivity index (χ2n) is 4.78.